The molecule has 0 aliphatic heterocycles. The number of nitrogens with zero attached hydrogens (tertiary/aromatic N) is 3. The summed E-state index contributed by atoms with van der Waals surface area (Å²) in [6, 6.07) is 6.00. The van der Waals surface area contributed by atoms with E-state index in [9.17, 15) is 4.79 Å². The zero-order valence-corrected chi connectivity index (χ0v) is 20.0. The van der Waals surface area contributed by atoms with Crippen LogP contribution in [0.5, 0.6) is 0 Å². The summed E-state index contributed by atoms with van der Waals surface area (Å²) in [4.78, 5) is 22.1. The van der Waals surface area contributed by atoms with E-state index in [1.54, 1.807) is 18.4 Å². The number of aromatic nitrogens is 1. The highest BCUT2D eigenvalue weighted by molar-refractivity contribution is 7.18. The summed E-state index contributed by atoms with van der Waals surface area (Å²) in [6.07, 6.45) is 9.80. The van der Waals surface area contributed by atoms with Crippen LogP contribution in [-0.4, -0.2) is 42.8 Å². The highest BCUT2D eigenvalue weighted by Gasteiger charge is 2.09. The van der Waals surface area contributed by atoms with Crippen molar-refractivity contribution in [2.45, 2.75) is 20.8 Å². The standard InChI is InChI=1S/C23H28ClN5OS/c1-6-7-18(24)9-8-16(2)14-29(5)23(26-13-20(15-30)25-4)28-19-10-11-21-22(12-19)31-17(3)27-21/h6-13,15,25H,14H2,1-5H3,(H,26,28)/b7-6-,16-8+,18-9+,20-13+. The SMILES string of the molecule is C\C=C/C(Cl)=C\C=C(/C)CN(C)C(=N/C=C(\C=O)NC)Nc1ccc2nc(C)sc2c1. The monoisotopic (exact) mass is 457 g/mol. The Labute approximate surface area is 192 Å². The Morgan fingerprint density at radius 2 is 2.13 bits per heavy atom. The molecule has 1 heterocycles. The van der Waals surface area contributed by atoms with E-state index in [4.69, 9.17) is 11.6 Å². The summed E-state index contributed by atoms with van der Waals surface area (Å²) in [7, 11) is 3.62. The Morgan fingerprint density at radius 1 is 1.35 bits per heavy atom. The number of likely N-dealkylation sites (N-methyl/N-ethyl adjacent to an activating group) is 2. The van der Waals surface area contributed by atoms with Gasteiger partial charge in [0.25, 0.3) is 0 Å². The Balaban J connectivity index is 2.29. The van der Waals surface area contributed by atoms with Gasteiger partial charge in [0.15, 0.2) is 6.29 Å². The van der Waals surface area contributed by atoms with Crippen molar-refractivity contribution in [2.24, 2.45) is 4.99 Å². The molecule has 1 aromatic carbocycles. The number of anilines is 1. The van der Waals surface area contributed by atoms with Crippen molar-refractivity contribution >= 4 is 51.1 Å². The molecule has 164 valence electrons. The molecular formula is C23H28ClN5OS. The van der Waals surface area contributed by atoms with Gasteiger partial charge < -0.3 is 15.5 Å². The highest BCUT2D eigenvalue weighted by Crippen LogP contribution is 2.25. The molecule has 0 amide bonds. The van der Waals surface area contributed by atoms with Gasteiger partial charge >= 0.3 is 0 Å². The lowest BCUT2D eigenvalue weighted by molar-refractivity contribution is -0.105. The minimum Gasteiger partial charge on any atom is -0.384 e. The fourth-order valence-corrected chi connectivity index (χ4v) is 3.75. The molecule has 0 saturated heterocycles. The predicted octanol–water partition coefficient (Wildman–Crippen LogP) is 5.21. The van der Waals surface area contributed by atoms with Crippen LogP contribution in [0, 0.1) is 6.92 Å². The van der Waals surface area contributed by atoms with E-state index in [1.807, 2.05) is 75.2 Å². The second-order valence-electron chi connectivity index (χ2n) is 6.87. The number of aldehydes is 1. The van der Waals surface area contributed by atoms with Crippen LogP contribution in [0.3, 0.4) is 0 Å². The van der Waals surface area contributed by atoms with E-state index in [2.05, 4.69) is 20.6 Å². The molecule has 1 aromatic heterocycles. The van der Waals surface area contributed by atoms with E-state index in [0.29, 0.717) is 23.2 Å². The number of carbonyl (C=O) groups excluding carboxylic acids is 1. The first-order valence-corrected chi connectivity index (χ1v) is 11.0. The van der Waals surface area contributed by atoms with Gasteiger partial charge in [0.2, 0.25) is 5.96 Å². The zero-order chi connectivity index (χ0) is 22.8. The molecule has 8 heteroatoms. The van der Waals surface area contributed by atoms with Crippen molar-refractivity contribution in [3.05, 3.63) is 70.0 Å². The van der Waals surface area contributed by atoms with E-state index < -0.39 is 0 Å². The number of guanidine groups is 1. The Bertz CT molecular complexity index is 1070. The zero-order valence-electron chi connectivity index (χ0n) is 18.4. The lowest BCUT2D eigenvalue weighted by Crippen LogP contribution is -2.34. The summed E-state index contributed by atoms with van der Waals surface area (Å²) >= 11 is 7.77. The molecule has 0 radical (unpaired) electrons. The topological polar surface area (TPSA) is 69.6 Å². The average molecular weight is 458 g/mol. The van der Waals surface area contributed by atoms with Crippen LogP contribution >= 0.6 is 22.9 Å². The normalized spacial score (nSPS) is 13.7. The van der Waals surface area contributed by atoms with Gasteiger partial charge in [0.05, 0.1) is 27.1 Å². The number of allylic oxidation sites excluding steroid dienone is 6. The lowest BCUT2D eigenvalue weighted by atomic mass is 10.2. The predicted molar refractivity (Wildman–Crippen MR) is 134 cm³/mol. The van der Waals surface area contributed by atoms with Gasteiger partial charge in [-0.1, -0.05) is 29.3 Å². The van der Waals surface area contributed by atoms with Crippen LogP contribution in [0.1, 0.15) is 18.9 Å². The van der Waals surface area contributed by atoms with Crippen molar-refractivity contribution < 1.29 is 4.79 Å². The van der Waals surface area contributed by atoms with Crippen LogP contribution in [0.2, 0.25) is 0 Å². The summed E-state index contributed by atoms with van der Waals surface area (Å²) in [5.74, 6) is 0.603. The van der Waals surface area contributed by atoms with E-state index in [1.165, 1.54) is 6.20 Å². The number of aryl methyl sites for hydroxylation is 1. The summed E-state index contributed by atoms with van der Waals surface area (Å²) in [5, 5.41) is 7.86. The third kappa shape index (κ3) is 7.70. The van der Waals surface area contributed by atoms with Gasteiger partial charge in [-0.15, -0.1) is 11.3 Å². The maximum atomic E-state index is 11.1. The molecular weight excluding hydrogens is 430 g/mol. The van der Waals surface area contributed by atoms with E-state index >= 15 is 0 Å². The molecule has 0 atom stereocenters. The smallest absolute Gasteiger partial charge is 0.203 e. The van der Waals surface area contributed by atoms with Gasteiger partial charge in [0, 0.05) is 31.4 Å². The van der Waals surface area contributed by atoms with Gasteiger partial charge in [-0.2, -0.15) is 0 Å². The van der Waals surface area contributed by atoms with Gasteiger partial charge in [0.1, 0.15) is 0 Å². The summed E-state index contributed by atoms with van der Waals surface area (Å²) < 4.78 is 1.10. The molecule has 0 fully saturated rings. The maximum Gasteiger partial charge on any atom is 0.203 e. The summed E-state index contributed by atoms with van der Waals surface area (Å²) in [5.41, 5.74) is 3.35. The first-order chi connectivity index (χ1) is 14.9. The largest absolute Gasteiger partial charge is 0.384 e. The number of hydrogen-bond donors (Lipinski definition) is 2. The number of aliphatic imine (C=N–C) groups is 1. The Hall–Kier alpha value is -2.90. The quantitative estimate of drug-likeness (QED) is 0.187. The molecule has 0 saturated carbocycles. The Morgan fingerprint density at radius 3 is 2.81 bits per heavy atom. The highest BCUT2D eigenvalue weighted by atomic mass is 35.5. The van der Waals surface area contributed by atoms with E-state index in [0.717, 1.165) is 32.8 Å². The Kier molecular flexibility index (Phi) is 9.49. The number of rotatable bonds is 8. The molecule has 0 bridgehead atoms. The molecule has 0 aliphatic carbocycles. The van der Waals surface area contributed by atoms with E-state index in [-0.39, 0.29) is 0 Å². The molecule has 2 N–H and O–H groups in total. The molecule has 0 spiro atoms. The third-order valence-electron chi connectivity index (χ3n) is 4.19. The minimum atomic E-state index is 0.384. The van der Waals surface area contributed by atoms with Gasteiger partial charge in [-0.05, 0) is 51.1 Å². The van der Waals surface area contributed by atoms with Gasteiger partial charge in [-0.3, -0.25) is 4.79 Å². The molecule has 0 aliphatic rings. The number of thiazole rings is 1. The van der Waals surface area contributed by atoms with Crippen molar-refractivity contribution in [2.75, 3.05) is 26.0 Å². The van der Waals surface area contributed by atoms with Crippen LogP contribution in [0.15, 0.2) is 70.0 Å². The third-order valence-corrected chi connectivity index (χ3v) is 5.38. The van der Waals surface area contributed by atoms with Crippen LogP contribution < -0.4 is 10.6 Å². The number of carbonyl (C=O) groups is 1. The minimum absolute atomic E-state index is 0.384. The molecule has 31 heavy (non-hydrogen) atoms. The van der Waals surface area contributed by atoms with Crippen molar-refractivity contribution in [3.63, 3.8) is 0 Å². The van der Waals surface area contributed by atoms with Gasteiger partial charge in [-0.25, -0.2) is 9.98 Å². The molecule has 6 nitrogen and oxygen atoms in total. The first kappa shape index (κ1) is 24.4. The number of hydrogen-bond acceptors (Lipinski definition) is 5. The number of fused-ring (bicyclic) bond motifs is 1. The maximum absolute atomic E-state index is 11.1. The second kappa shape index (κ2) is 12.1. The number of nitrogens with one attached hydrogen (secondary N) is 2. The average Bonchev–Trinajstić information content (AvgIpc) is 3.11. The fourth-order valence-electron chi connectivity index (χ4n) is 2.70. The molecule has 2 aromatic rings. The van der Waals surface area contributed by atoms with Crippen LogP contribution in [-0.2, 0) is 4.79 Å². The van der Waals surface area contributed by atoms with Crippen molar-refractivity contribution in [3.8, 4) is 0 Å². The fraction of sp³-hybridized carbons (Fsp3) is 0.261. The lowest BCUT2D eigenvalue weighted by Gasteiger charge is -2.22. The summed E-state index contributed by atoms with van der Waals surface area (Å²) in [6.45, 7) is 6.56. The second-order valence-corrected chi connectivity index (χ2v) is 8.54. The van der Waals surface area contributed by atoms with Crippen LogP contribution in [0.25, 0.3) is 10.2 Å². The number of benzene rings is 1. The van der Waals surface area contributed by atoms with Crippen LogP contribution in [0.4, 0.5) is 5.69 Å². The van der Waals surface area contributed by atoms with Crippen molar-refractivity contribution in [1.82, 2.24) is 15.2 Å². The molecule has 0 unspecified atom stereocenters. The first-order valence-electron chi connectivity index (χ1n) is 9.78. The number of halogens is 1. The van der Waals surface area contributed by atoms with Crippen molar-refractivity contribution in [1.29, 1.82) is 0 Å². The molecule has 2 rings (SSSR count).